The van der Waals surface area contributed by atoms with E-state index in [0.29, 0.717) is 18.1 Å². The van der Waals surface area contributed by atoms with Crippen LogP contribution in [0.3, 0.4) is 0 Å². The molecule has 7 nitrogen and oxygen atoms in total. The van der Waals surface area contributed by atoms with Crippen molar-refractivity contribution in [1.29, 1.82) is 0 Å². The van der Waals surface area contributed by atoms with Gasteiger partial charge >= 0.3 is 0 Å². The summed E-state index contributed by atoms with van der Waals surface area (Å²) in [5.74, 6) is -0.357. The number of aromatic nitrogens is 3. The van der Waals surface area contributed by atoms with E-state index in [1.54, 1.807) is 18.3 Å². The summed E-state index contributed by atoms with van der Waals surface area (Å²) in [7, 11) is 0. The molecule has 1 atom stereocenters. The topological polar surface area (TPSA) is 88.2 Å². The van der Waals surface area contributed by atoms with Gasteiger partial charge in [0.2, 0.25) is 11.0 Å². The van der Waals surface area contributed by atoms with Gasteiger partial charge in [0.05, 0.1) is 0 Å². The number of halogens is 1. The number of nitrogens with two attached hydrogens (primary N) is 1. The number of primary amides is 1. The molecule has 3 aromatic rings. The Balaban J connectivity index is 1.44. The quantitative estimate of drug-likeness (QED) is 0.690. The second-order valence-electron chi connectivity index (χ2n) is 6.48. The minimum Gasteiger partial charge on any atom is -0.368 e. The molecule has 0 radical (unpaired) electrons. The molecule has 1 aromatic carbocycles. The fraction of sp³-hybridized carbons (Fsp3) is 0.263. The van der Waals surface area contributed by atoms with Crippen LogP contribution in [0.2, 0.25) is 5.02 Å². The van der Waals surface area contributed by atoms with Gasteiger partial charge in [0.1, 0.15) is 11.7 Å². The molecule has 1 unspecified atom stereocenters. The van der Waals surface area contributed by atoms with E-state index in [4.69, 9.17) is 17.3 Å². The maximum Gasteiger partial charge on any atom is 0.239 e. The largest absolute Gasteiger partial charge is 0.368 e. The summed E-state index contributed by atoms with van der Waals surface area (Å²) < 4.78 is 0. The van der Waals surface area contributed by atoms with Gasteiger partial charge in [0.15, 0.2) is 5.01 Å². The van der Waals surface area contributed by atoms with Gasteiger partial charge in [-0.2, -0.15) is 0 Å². The summed E-state index contributed by atoms with van der Waals surface area (Å²) >= 11 is 7.49. The molecule has 0 spiro atoms. The predicted octanol–water partition coefficient (Wildman–Crippen LogP) is 2.60. The number of carbonyl (C=O) groups excluding carboxylic acids is 1. The van der Waals surface area contributed by atoms with E-state index < -0.39 is 6.04 Å². The molecule has 9 heteroatoms. The molecule has 0 saturated carbocycles. The molecule has 0 aliphatic carbocycles. The standard InChI is InChI=1S/C19H19ClN6OS/c20-14-6-4-13(5-7-14)16(17(21)27)25-9-11-26(12-10-25)19-24-23-18(28-19)15-3-1-2-8-22-15/h1-8,16H,9-12H2,(H2,21,27). The van der Waals surface area contributed by atoms with E-state index >= 15 is 0 Å². The maximum atomic E-state index is 12.1. The average molecular weight is 415 g/mol. The Labute approximate surface area is 171 Å². The van der Waals surface area contributed by atoms with Gasteiger partial charge in [-0.05, 0) is 29.8 Å². The van der Waals surface area contributed by atoms with E-state index in [2.05, 4.69) is 25.0 Å². The first-order valence-corrected chi connectivity index (χ1v) is 10.1. The highest BCUT2D eigenvalue weighted by atomic mass is 35.5. The summed E-state index contributed by atoms with van der Waals surface area (Å²) in [6, 6.07) is 12.5. The van der Waals surface area contributed by atoms with Crippen LogP contribution in [-0.2, 0) is 4.79 Å². The van der Waals surface area contributed by atoms with E-state index in [0.717, 1.165) is 34.5 Å². The molecule has 3 heterocycles. The molecular weight excluding hydrogens is 396 g/mol. The van der Waals surface area contributed by atoms with Gasteiger partial charge in [0, 0.05) is 37.4 Å². The highest BCUT2D eigenvalue weighted by molar-refractivity contribution is 7.18. The molecule has 1 amide bonds. The number of anilines is 1. The molecule has 1 fully saturated rings. The maximum absolute atomic E-state index is 12.1. The van der Waals surface area contributed by atoms with Crippen molar-refractivity contribution in [2.24, 2.45) is 5.73 Å². The number of amides is 1. The van der Waals surface area contributed by atoms with Crippen molar-refractivity contribution < 1.29 is 4.79 Å². The Hall–Kier alpha value is -2.55. The fourth-order valence-electron chi connectivity index (χ4n) is 3.31. The summed E-state index contributed by atoms with van der Waals surface area (Å²) in [4.78, 5) is 20.7. The van der Waals surface area contributed by atoms with Gasteiger partial charge < -0.3 is 10.6 Å². The van der Waals surface area contributed by atoms with Crippen LogP contribution in [0.5, 0.6) is 0 Å². The molecule has 0 bridgehead atoms. The minimum absolute atomic E-state index is 0.357. The molecule has 144 valence electrons. The third-order valence-corrected chi connectivity index (χ3v) is 5.96. The Morgan fingerprint density at radius 1 is 1.07 bits per heavy atom. The van der Waals surface area contributed by atoms with Crippen molar-refractivity contribution >= 4 is 34.0 Å². The van der Waals surface area contributed by atoms with Crippen LogP contribution in [0.4, 0.5) is 5.13 Å². The highest BCUT2D eigenvalue weighted by Gasteiger charge is 2.30. The molecule has 2 N–H and O–H groups in total. The molecule has 1 saturated heterocycles. The van der Waals surface area contributed by atoms with Gasteiger partial charge in [-0.3, -0.25) is 14.7 Å². The van der Waals surface area contributed by atoms with E-state index in [-0.39, 0.29) is 5.91 Å². The van der Waals surface area contributed by atoms with Gasteiger partial charge in [0.25, 0.3) is 0 Å². The Morgan fingerprint density at radius 3 is 2.46 bits per heavy atom. The first-order chi connectivity index (χ1) is 13.6. The number of piperazine rings is 1. The molecule has 2 aromatic heterocycles. The van der Waals surface area contributed by atoms with Crippen molar-refractivity contribution in [2.45, 2.75) is 6.04 Å². The van der Waals surface area contributed by atoms with Crippen molar-refractivity contribution in [3.63, 3.8) is 0 Å². The van der Waals surface area contributed by atoms with Crippen LogP contribution in [0.1, 0.15) is 11.6 Å². The first kappa shape index (κ1) is 18.8. The number of nitrogens with zero attached hydrogens (tertiary/aromatic N) is 5. The zero-order chi connectivity index (χ0) is 19.5. The van der Waals surface area contributed by atoms with Crippen molar-refractivity contribution in [3.05, 3.63) is 59.2 Å². The molecular formula is C19H19ClN6OS. The Kier molecular flexibility index (Phi) is 5.52. The average Bonchev–Trinajstić information content (AvgIpc) is 3.21. The zero-order valence-electron chi connectivity index (χ0n) is 15.0. The lowest BCUT2D eigenvalue weighted by Crippen LogP contribution is -2.50. The number of pyridine rings is 1. The number of hydrogen-bond acceptors (Lipinski definition) is 7. The van der Waals surface area contributed by atoms with Gasteiger partial charge in [-0.15, -0.1) is 10.2 Å². The minimum atomic E-state index is -0.460. The van der Waals surface area contributed by atoms with Crippen molar-refractivity contribution in [1.82, 2.24) is 20.1 Å². The normalized spacial score (nSPS) is 16.1. The molecule has 1 aliphatic rings. The van der Waals surface area contributed by atoms with Crippen LogP contribution in [0.15, 0.2) is 48.7 Å². The summed E-state index contributed by atoms with van der Waals surface area (Å²) in [6.07, 6.45) is 1.75. The Morgan fingerprint density at radius 2 is 1.82 bits per heavy atom. The Bertz CT molecular complexity index is 941. The van der Waals surface area contributed by atoms with E-state index in [9.17, 15) is 4.79 Å². The number of hydrogen-bond donors (Lipinski definition) is 1. The smallest absolute Gasteiger partial charge is 0.239 e. The second kappa shape index (κ2) is 8.22. The van der Waals surface area contributed by atoms with Crippen LogP contribution in [0, 0.1) is 0 Å². The van der Waals surface area contributed by atoms with Crippen LogP contribution < -0.4 is 10.6 Å². The zero-order valence-corrected chi connectivity index (χ0v) is 16.6. The lowest BCUT2D eigenvalue weighted by molar-refractivity contribution is -0.123. The highest BCUT2D eigenvalue weighted by Crippen LogP contribution is 2.29. The lowest BCUT2D eigenvalue weighted by atomic mass is 10.0. The number of carbonyl (C=O) groups is 1. The van der Waals surface area contributed by atoms with Gasteiger partial charge in [-0.25, -0.2) is 0 Å². The van der Waals surface area contributed by atoms with Crippen molar-refractivity contribution in [3.8, 4) is 10.7 Å². The monoisotopic (exact) mass is 414 g/mol. The predicted molar refractivity (Wildman–Crippen MR) is 110 cm³/mol. The first-order valence-electron chi connectivity index (χ1n) is 8.90. The van der Waals surface area contributed by atoms with Crippen LogP contribution in [0.25, 0.3) is 10.7 Å². The number of rotatable bonds is 5. The SMILES string of the molecule is NC(=O)C(c1ccc(Cl)cc1)N1CCN(c2nnc(-c3ccccn3)s2)CC1. The third-order valence-electron chi connectivity index (χ3n) is 4.70. The summed E-state index contributed by atoms with van der Waals surface area (Å²) in [5, 5.41) is 10.9. The molecule has 4 rings (SSSR count). The second-order valence-corrected chi connectivity index (χ2v) is 7.88. The summed E-state index contributed by atoms with van der Waals surface area (Å²) in [5.41, 5.74) is 7.38. The van der Waals surface area contributed by atoms with Crippen molar-refractivity contribution in [2.75, 3.05) is 31.1 Å². The fourth-order valence-corrected chi connectivity index (χ4v) is 4.31. The van der Waals surface area contributed by atoms with E-state index in [1.807, 2.05) is 30.3 Å². The molecule has 1 aliphatic heterocycles. The van der Waals surface area contributed by atoms with Gasteiger partial charge in [-0.1, -0.05) is 41.1 Å². The summed E-state index contributed by atoms with van der Waals surface area (Å²) in [6.45, 7) is 2.89. The lowest BCUT2D eigenvalue weighted by Gasteiger charge is -2.38. The van der Waals surface area contributed by atoms with E-state index in [1.165, 1.54) is 11.3 Å². The third kappa shape index (κ3) is 3.99. The molecule has 28 heavy (non-hydrogen) atoms. The van der Waals surface area contributed by atoms with Crippen LogP contribution in [-0.4, -0.2) is 52.2 Å². The van der Waals surface area contributed by atoms with Crippen LogP contribution >= 0.6 is 22.9 Å². The number of benzene rings is 1.